The Bertz CT molecular complexity index is 1300. The highest BCUT2D eigenvalue weighted by Crippen LogP contribution is 2.43. The number of ether oxygens (including phenoxy) is 1. The molecule has 0 bridgehead atoms. The van der Waals surface area contributed by atoms with Gasteiger partial charge in [-0.25, -0.2) is 0 Å². The molecule has 4 nitrogen and oxygen atoms in total. The van der Waals surface area contributed by atoms with Gasteiger partial charge in [-0.15, -0.1) is 12.4 Å². The van der Waals surface area contributed by atoms with Crippen molar-refractivity contribution in [3.05, 3.63) is 84.1 Å². The number of benzene rings is 3. The third kappa shape index (κ3) is 4.19. The monoisotopic (exact) mass is 471 g/mol. The summed E-state index contributed by atoms with van der Waals surface area (Å²) in [4.78, 5) is 9.94. The maximum atomic E-state index is 6.13. The lowest BCUT2D eigenvalue weighted by atomic mass is 10.0. The fraction of sp³-hybridized carbons (Fsp3) is 0.276. The van der Waals surface area contributed by atoms with Gasteiger partial charge in [-0.2, -0.15) is 0 Å². The summed E-state index contributed by atoms with van der Waals surface area (Å²) in [6.45, 7) is 5.40. The minimum Gasteiger partial charge on any atom is -0.457 e. The summed E-state index contributed by atoms with van der Waals surface area (Å²) in [6.07, 6.45) is 4.92. The number of aromatic nitrogens is 1. The van der Waals surface area contributed by atoms with E-state index in [9.17, 15) is 0 Å². The van der Waals surface area contributed by atoms with Crippen molar-refractivity contribution in [2.75, 3.05) is 29.4 Å². The van der Waals surface area contributed by atoms with Crippen LogP contribution in [-0.4, -0.2) is 24.6 Å². The smallest absolute Gasteiger partial charge is 0.129 e. The van der Waals surface area contributed by atoms with Crippen LogP contribution in [0.1, 0.15) is 30.5 Å². The molecule has 3 aromatic carbocycles. The molecule has 0 N–H and O–H groups in total. The summed E-state index contributed by atoms with van der Waals surface area (Å²) in [5.41, 5.74) is 7.39. The highest BCUT2D eigenvalue weighted by atomic mass is 35.5. The van der Waals surface area contributed by atoms with Crippen molar-refractivity contribution in [1.29, 1.82) is 0 Å². The molecule has 0 spiro atoms. The summed E-state index contributed by atoms with van der Waals surface area (Å²) >= 11 is 0. The molecular formula is C29H30ClN3O. The second-order valence-electron chi connectivity index (χ2n) is 9.09. The molecule has 5 heteroatoms. The van der Waals surface area contributed by atoms with Crippen LogP contribution in [0.3, 0.4) is 0 Å². The van der Waals surface area contributed by atoms with Crippen LogP contribution in [0.2, 0.25) is 0 Å². The van der Waals surface area contributed by atoms with E-state index >= 15 is 0 Å². The number of para-hydroxylation sites is 1. The second-order valence-corrected chi connectivity index (χ2v) is 9.09. The van der Waals surface area contributed by atoms with Crippen LogP contribution in [0.25, 0.3) is 10.9 Å². The molecule has 0 unspecified atom stereocenters. The molecule has 0 radical (unpaired) electrons. The van der Waals surface area contributed by atoms with E-state index in [0.717, 1.165) is 54.5 Å². The van der Waals surface area contributed by atoms with Gasteiger partial charge in [0.15, 0.2) is 0 Å². The second kappa shape index (κ2) is 9.55. The van der Waals surface area contributed by atoms with Crippen molar-refractivity contribution in [2.24, 2.45) is 0 Å². The number of pyridine rings is 1. The van der Waals surface area contributed by atoms with E-state index in [2.05, 4.69) is 53.1 Å². The Kier molecular flexibility index (Phi) is 6.34. The van der Waals surface area contributed by atoms with E-state index in [1.807, 2.05) is 36.4 Å². The molecule has 0 aliphatic carbocycles. The van der Waals surface area contributed by atoms with Crippen LogP contribution >= 0.6 is 12.4 Å². The summed E-state index contributed by atoms with van der Waals surface area (Å²) < 4.78 is 6.13. The zero-order chi connectivity index (χ0) is 22.2. The lowest BCUT2D eigenvalue weighted by Gasteiger charge is -2.29. The van der Waals surface area contributed by atoms with Crippen LogP contribution in [0.4, 0.5) is 17.1 Å². The van der Waals surface area contributed by atoms with Crippen molar-refractivity contribution in [3.8, 4) is 11.5 Å². The molecule has 3 heterocycles. The number of aryl methyl sites for hydroxylation is 1. The molecule has 2 aliphatic rings. The van der Waals surface area contributed by atoms with Gasteiger partial charge in [0.25, 0.3) is 0 Å². The van der Waals surface area contributed by atoms with Gasteiger partial charge in [-0.3, -0.25) is 4.98 Å². The lowest BCUT2D eigenvalue weighted by molar-refractivity contribution is 0.483. The first kappa shape index (κ1) is 22.5. The summed E-state index contributed by atoms with van der Waals surface area (Å²) in [5.74, 6) is 1.71. The van der Waals surface area contributed by atoms with E-state index in [1.165, 1.54) is 41.6 Å². The summed E-state index contributed by atoms with van der Waals surface area (Å²) in [5, 5.41) is 1.26. The minimum atomic E-state index is 0. The van der Waals surface area contributed by atoms with E-state index in [4.69, 9.17) is 9.72 Å². The summed E-state index contributed by atoms with van der Waals surface area (Å²) in [7, 11) is 0. The van der Waals surface area contributed by atoms with Crippen LogP contribution in [0, 0.1) is 6.92 Å². The molecule has 0 saturated carbocycles. The number of nitrogens with zero attached hydrogens (tertiary/aromatic N) is 3. The van der Waals surface area contributed by atoms with Gasteiger partial charge in [0.2, 0.25) is 0 Å². The van der Waals surface area contributed by atoms with E-state index in [-0.39, 0.29) is 12.4 Å². The van der Waals surface area contributed by atoms with Crippen molar-refractivity contribution >= 4 is 40.4 Å². The molecule has 0 atom stereocenters. The normalized spacial score (nSPS) is 15.2. The number of piperidine rings is 1. The Hall–Kier alpha value is -3.24. The Balaban J connectivity index is 0.00000241. The maximum Gasteiger partial charge on any atom is 0.129 e. The number of fused-ring (bicyclic) bond motifs is 3. The molecule has 2 aliphatic heterocycles. The van der Waals surface area contributed by atoms with Crippen LogP contribution in [-0.2, 0) is 6.42 Å². The molecule has 6 rings (SSSR count). The van der Waals surface area contributed by atoms with Gasteiger partial charge in [0.05, 0.1) is 11.2 Å². The van der Waals surface area contributed by atoms with Crippen LogP contribution < -0.4 is 14.5 Å². The van der Waals surface area contributed by atoms with E-state index < -0.39 is 0 Å². The van der Waals surface area contributed by atoms with E-state index in [1.54, 1.807) is 0 Å². The van der Waals surface area contributed by atoms with Crippen LogP contribution in [0.15, 0.2) is 72.8 Å². The number of rotatable bonds is 4. The topological polar surface area (TPSA) is 28.6 Å². The minimum absolute atomic E-state index is 0. The molecule has 174 valence electrons. The molecule has 4 aromatic rings. The highest BCUT2D eigenvalue weighted by molar-refractivity contribution is 5.99. The molecule has 1 saturated heterocycles. The average molecular weight is 472 g/mol. The molecule has 1 fully saturated rings. The quantitative estimate of drug-likeness (QED) is 0.309. The molecule has 34 heavy (non-hydrogen) atoms. The number of anilines is 3. The van der Waals surface area contributed by atoms with Crippen molar-refractivity contribution < 1.29 is 4.74 Å². The first-order chi connectivity index (χ1) is 16.3. The van der Waals surface area contributed by atoms with Crippen molar-refractivity contribution in [3.63, 3.8) is 0 Å². The zero-order valence-electron chi connectivity index (χ0n) is 19.5. The lowest BCUT2D eigenvalue weighted by Crippen LogP contribution is -2.29. The van der Waals surface area contributed by atoms with Crippen molar-refractivity contribution in [1.82, 2.24) is 4.98 Å². The number of halogens is 1. The van der Waals surface area contributed by atoms with Crippen molar-refractivity contribution in [2.45, 2.75) is 32.6 Å². The first-order valence-corrected chi connectivity index (χ1v) is 12.0. The van der Waals surface area contributed by atoms with Crippen LogP contribution in [0.5, 0.6) is 11.5 Å². The Labute approximate surface area is 207 Å². The van der Waals surface area contributed by atoms with E-state index in [0.29, 0.717) is 0 Å². The SMILES string of the molecule is Cc1nc2ccc(N3CCCCC3)cc2c2c1CCN2c1cccc(Oc2ccccc2)c1.Cl. The molecule has 0 amide bonds. The average Bonchev–Trinajstić information content (AvgIpc) is 3.32. The van der Waals surface area contributed by atoms with Gasteiger partial charge in [0, 0.05) is 48.2 Å². The fourth-order valence-corrected chi connectivity index (χ4v) is 5.28. The number of hydrogen-bond acceptors (Lipinski definition) is 4. The zero-order valence-corrected chi connectivity index (χ0v) is 20.4. The predicted molar refractivity (Wildman–Crippen MR) is 143 cm³/mol. The fourth-order valence-electron chi connectivity index (χ4n) is 5.28. The van der Waals surface area contributed by atoms with Gasteiger partial charge in [0.1, 0.15) is 11.5 Å². The highest BCUT2D eigenvalue weighted by Gasteiger charge is 2.26. The van der Waals surface area contributed by atoms with Gasteiger partial charge in [-0.1, -0.05) is 24.3 Å². The predicted octanol–water partition coefficient (Wildman–Crippen LogP) is 7.44. The maximum absolute atomic E-state index is 6.13. The summed E-state index contributed by atoms with van der Waals surface area (Å²) in [6, 6.07) is 25.2. The Morgan fingerprint density at radius 3 is 2.38 bits per heavy atom. The van der Waals surface area contributed by atoms with Gasteiger partial charge >= 0.3 is 0 Å². The van der Waals surface area contributed by atoms with Gasteiger partial charge in [-0.05, 0) is 80.6 Å². The van der Waals surface area contributed by atoms with Gasteiger partial charge < -0.3 is 14.5 Å². The number of hydrogen-bond donors (Lipinski definition) is 0. The molecule has 1 aromatic heterocycles. The molecular weight excluding hydrogens is 442 g/mol. The Morgan fingerprint density at radius 2 is 1.56 bits per heavy atom. The largest absolute Gasteiger partial charge is 0.457 e. The Morgan fingerprint density at radius 1 is 0.765 bits per heavy atom. The third-order valence-electron chi connectivity index (χ3n) is 6.93. The third-order valence-corrected chi connectivity index (χ3v) is 6.93. The first-order valence-electron chi connectivity index (χ1n) is 12.0. The standard InChI is InChI=1S/C29H29N3O.ClH/c1-21-26-15-18-32(23-9-8-12-25(19-23)33-24-10-4-2-5-11-24)29(26)27-20-22(13-14-28(27)30-21)31-16-6-3-7-17-31;/h2,4-5,8-14,19-20H,3,6-7,15-18H2,1H3;1H.